The Morgan fingerprint density at radius 2 is 1.56 bits per heavy atom. The number of halogens is 3. The molecule has 0 saturated carbocycles. The number of rotatable bonds is 8. The molecule has 2 N–H and O–H groups in total. The maximum Gasteiger partial charge on any atom is 0.407 e. The van der Waals surface area contributed by atoms with E-state index < -0.39 is 43.7 Å². The minimum atomic E-state index is -4.73. The van der Waals surface area contributed by atoms with Crippen LogP contribution in [0.1, 0.15) is 23.5 Å². The first-order valence-corrected chi connectivity index (χ1v) is 9.81. The number of fused-ring (bicyclic) bond motifs is 3. The van der Waals surface area contributed by atoms with Crippen LogP contribution in [-0.4, -0.2) is 60.4 Å². The zero-order valence-corrected chi connectivity index (χ0v) is 16.9. The molecule has 0 radical (unpaired) electrons. The third-order valence-corrected chi connectivity index (χ3v) is 5.00. The number of nitrogens with one attached hydrogen (secondary N) is 1. The predicted molar refractivity (Wildman–Crippen MR) is 108 cm³/mol. The Morgan fingerprint density at radius 1 is 1.00 bits per heavy atom. The number of carbonyl (C=O) groups excluding carboxylic acids is 2. The van der Waals surface area contributed by atoms with Gasteiger partial charge in [-0.15, -0.1) is 0 Å². The number of ether oxygens (including phenoxy) is 1. The van der Waals surface area contributed by atoms with Crippen LogP contribution in [0, 0.1) is 0 Å². The van der Waals surface area contributed by atoms with Crippen molar-refractivity contribution in [3.05, 3.63) is 59.7 Å². The predicted octanol–water partition coefficient (Wildman–Crippen LogP) is 3.39. The van der Waals surface area contributed by atoms with E-state index in [1.165, 1.54) is 0 Å². The first-order chi connectivity index (χ1) is 15.2. The molecule has 0 heterocycles. The van der Waals surface area contributed by atoms with Crippen molar-refractivity contribution in [2.45, 2.75) is 18.5 Å². The van der Waals surface area contributed by atoms with Gasteiger partial charge in [-0.2, -0.15) is 13.2 Å². The van der Waals surface area contributed by atoms with Crippen molar-refractivity contribution in [1.82, 2.24) is 10.2 Å². The van der Waals surface area contributed by atoms with Crippen LogP contribution in [0.4, 0.5) is 18.0 Å². The monoisotopic (exact) mass is 450 g/mol. The number of nitrogens with zero attached hydrogens (tertiary/aromatic N) is 1. The summed E-state index contributed by atoms with van der Waals surface area (Å²) in [6.07, 6.45) is -6.04. The van der Waals surface area contributed by atoms with Crippen molar-refractivity contribution in [3.8, 4) is 11.1 Å². The number of benzene rings is 2. The summed E-state index contributed by atoms with van der Waals surface area (Å²) in [5.74, 6) is -2.76. The zero-order valence-electron chi connectivity index (χ0n) is 16.9. The van der Waals surface area contributed by atoms with E-state index in [0.717, 1.165) is 22.3 Å². The van der Waals surface area contributed by atoms with Gasteiger partial charge in [-0.05, 0) is 22.3 Å². The molecule has 0 aliphatic heterocycles. The molecule has 0 atom stereocenters. The van der Waals surface area contributed by atoms with Crippen LogP contribution < -0.4 is 5.32 Å². The molecule has 2 aromatic carbocycles. The van der Waals surface area contributed by atoms with Gasteiger partial charge in [0.15, 0.2) is 0 Å². The van der Waals surface area contributed by atoms with Crippen molar-refractivity contribution < 1.29 is 37.4 Å². The second-order valence-electron chi connectivity index (χ2n) is 7.26. The number of alkyl halides is 3. The third-order valence-electron chi connectivity index (χ3n) is 5.00. The van der Waals surface area contributed by atoms with E-state index in [1.54, 1.807) is 0 Å². The molecule has 32 heavy (non-hydrogen) atoms. The summed E-state index contributed by atoms with van der Waals surface area (Å²) >= 11 is 0. The highest BCUT2D eigenvalue weighted by Gasteiger charge is 2.34. The van der Waals surface area contributed by atoms with Gasteiger partial charge in [0.25, 0.3) is 0 Å². The number of aliphatic carboxylic acids is 1. The van der Waals surface area contributed by atoms with Gasteiger partial charge in [0.2, 0.25) is 5.91 Å². The highest BCUT2D eigenvalue weighted by Crippen LogP contribution is 2.44. The van der Waals surface area contributed by atoms with Crippen LogP contribution >= 0.6 is 0 Å². The lowest BCUT2D eigenvalue weighted by atomic mass is 9.98. The molecule has 1 aliphatic carbocycles. The van der Waals surface area contributed by atoms with Crippen LogP contribution in [0.3, 0.4) is 0 Å². The standard InChI is InChI=1S/C22H21F3N2O5/c23-22(24,25)13-27(11-20(29)30)19(28)9-10-26-21(31)32-12-18-16-7-3-1-5-14(16)15-6-2-4-8-17(15)18/h1-8,18H,9-13H2,(H,26,31)(H,29,30). The van der Waals surface area contributed by atoms with Gasteiger partial charge in [-0.3, -0.25) is 9.59 Å². The Labute approximate surface area is 181 Å². The molecular weight excluding hydrogens is 429 g/mol. The molecule has 1 aliphatic rings. The molecule has 170 valence electrons. The van der Waals surface area contributed by atoms with E-state index in [4.69, 9.17) is 9.84 Å². The second kappa shape index (κ2) is 9.71. The van der Waals surface area contributed by atoms with Crippen molar-refractivity contribution in [1.29, 1.82) is 0 Å². The van der Waals surface area contributed by atoms with Gasteiger partial charge in [-0.25, -0.2) is 4.79 Å². The largest absolute Gasteiger partial charge is 0.480 e. The van der Waals surface area contributed by atoms with Gasteiger partial charge in [-0.1, -0.05) is 48.5 Å². The first kappa shape index (κ1) is 23.1. The Kier molecular flexibility index (Phi) is 7.01. The Morgan fingerprint density at radius 3 is 2.09 bits per heavy atom. The molecule has 10 heteroatoms. The van der Waals surface area contributed by atoms with E-state index in [-0.39, 0.29) is 24.0 Å². The van der Waals surface area contributed by atoms with Crippen LogP contribution in [0.5, 0.6) is 0 Å². The number of alkyl carbamates (subject to hydrolysis) is 1. The summed E-state index contributed by atoms with van der Waals surface area (Å²) in [4.78, 5) is 34.9. The number of carboxylic acid groups (broad SMARTS) is 1. The topological polar surface area (TPSA) is 95.9 Å². The average molecular weight is 450 g/mol. The fraction of sp³-hybridized carbons (Fsp3) is 0.318. The Hall–Kier alpha value is -3.56. The zero-order chi connectivity index (χ0) is 23.3. The highest BCUT2D eigenvalue weighted by atomic mass is 19.4. The summed E-state index contributed by atoms with van der Waals surface area (Å²) in [6.45, 7) is -3.00. The van der Waals surface area contributed by atoms with Crippen molar-refractivity contribution >= 4 is 18.0 Å². The Balaban J connectivity index is 1.51. The van der Waals surface area contributed by atoms with E-state index in [9.17, 15) is 27.6 Å². The molecule has 0 fully saturated rings. The van der Waals surface area contributed by atoms with E-state index >= 15 is 0 Å². The summed E-state index contributed by atoms with van der Waals surface area (Å²) in [6, 6.07) is 15.5. The molecule has 0 unspecified atom stereocenters. The lowest BCUT2D eigenvalue weighted by molar-refractivity contribution is -0.165. The van der Waals surface area contributed by atoms with Gasteiger partial charge >= 0.3 is 18.2 Å². The van der Waals surface area contributed by atoms with E-state index in [0.29, 0.717) is 0 Å². The second-order valence-corrected chi connectivity index (χ2v) is 7.26. The summed E-state index contributed by atoms with van der Waals surface area (Å²) in [7, 11) is 0. The summed E-state index contributed by atoms with van der Waals surface area (Å²) in [5, 5.41) is 11.0. The fourth-order valence-corrected chi connectivity index (χ4v) is 3.69. The quantitative estimate of drug-likeness (QED) is 0.643. The normalized spacial score (nSPS) is 12.6. The molecule has 2 aromatic rings. The van der Waals surface area contributed by atoms with Gasteiger partial charge in [0, 0.05) is 18.9 Å². The van der Waals surface area contributed by atoms with Crippen molar-refractivity contribution in [3.63, 3.8) is 0 Å². The summed E-state index contributed by atoms with van der Waals surface area (Å²) in [5.41, 5.74) is 4.16. The highest BCUT2D eigenvalue weighted by molar-refractivity contribution is 5.82. The number of hydrogen-bond donors (Lipinski definition) is 2. The molecule has 0 bridgehead atoms. The lowest BCUT2D eigenvalue weighted by Gasteiger charge is -2.22. The number of carboxylic acids is 1. The maximum atomic E-state index is 12.5. The van der Waals surface area contributed by atoms with Crippen LogP contribution in [0.25, 0.3) is 11.1 Å². The van der Waals surface area contributed by atoms with E-state index in [2.05, 4.69) is 5.32 Å². The third kappa shape index (κ3) is 5.77. The van der Waals surface area contributed by atoms with Gasteiger partial charge in [0.05, 0.1) is 0 Å². The van der Waals surface area contributed by atoms with Gasteiger partial charge in [0.1, 0.15) is 19.7 Å². The molecule has 0 spiro atoms. The molecule has 0 saturated heterocycles. The minimum Gasteiger partial charge on any atom is -0.480 e. The van der Waals surface area contributed by atoms with Crippen molar-refractivity contribution in [2.75, 3.05) is 26.2 Å². The fourth-order valence-electron chi connectivity index (χ4n) is 3.69. The maximum absolute atomic E-state index is 12.5. The van der Waals surface area contributed by atoms with Gasteiger partial charge < -0.3 is 20.1 Å². The molecule has 3 rings (SSSR count). The smallest absolute Gasteiger partial charge is 0.407 e. The number of hydrogen-bond acceptors (Lipinski definition) is 4. The number of amides is 2. The first-order valence-electron chi connectivity index (χ1n) is 9.81. The minimum absolute atomic E-state index is 0.0486. The summed E-state index contributed by atoms with van der Waals surface area (Å²) < 4.78 is 42.9. The molecule has 7 nitrogen and oxygen atoms in total. The molecule has 0 aromatic heterocycles. The average Bonchev–Trinajstić information content (AvgIpc) is 3.04. The number of carbonyl (C=O) groups is 3. The van der Waals surface area contributed by atoms with Crippen LogP contribution in [0.2, 0.25) is 0 Å². The molecular formula is C22H21F3N2O5. The Bertz CT molecular complexity index is 964. The van der Waals surface area contributed by atoms with E-state index in [1.807, 2.05) is 48.5 Å². The van der Waals surface area contributed by atoms with Crippen LogP contribution in [-0.2, 0) is 14.3 Å². The lowest BCUT2D eigenvalue weighted by Crippen LogP contribution is -2.43. The van der Waals surface area contributed by atoms with Crippen LogP contribution in [0.15, 0.2) is 48.5 Å². The molecule has 2 amide bonds. The SMILES string of the molecule is O=C(O)CN(CC(F)(F)F)C(=O)CCNC(=O)OCC1c2ccccc2-c2ccccc21. The van der Waals surface area contributed by atoms with Crippen molar-refractivity contribution in [2.24, 2.45) is 0 Å².